The van der Waals surface area contributed by atoms with Crippen LogP contribution in [0.4, 0.5) is 0 Å². The number of hydrogen-bond donors (Lipinski definition) is 0. The van der Waals surface area contributed by atoms with Crippen LogP contribution in [-0.4, -0.2) is 23.9 Å². The largest absolute Gasteiger partial charge is 0.436 e. The summed E-state index contributed by atoms with van der Waals surface area (Å²) in [4.78, 5) is 15.0. The summed E-state index contributed by atoms with van der Waals surface area (Å²) < 4.78 is 10.3. The number of hydrogen-bond acceptors (Lipinski definition) is 4. The molecule has 0 fully saturated rings. The van der Waals surface area contributed by atoms with E-state index < -0.39 is 0 Å². The molecular weight excluding hydrogens is 434 g/mol. The van der Waals surface area contributed by atoms with Crippen LogP contribution in [0.3, 0.4) is 0 Å². The Morgan fingerprint density at radius 1 is 0.600 bits per heavy atom. The van der Waals surface area contributed by atoms with E-state index in [1.165, 1.54) is 0 Å². The van der Waals surface area contributed by atoms with Crippen molar-refractivity contribution in [2.24, 2.45) is 0 Å². The Labute approximate surface area is 198 Å². The van der Waals surface area contributed by atoms with Crippen molar-refractivity contribution in [2.45, 2.75) is 0 Å². The molecule has 4 aromatic heterocycles. The van der Waals surface area contributed by atoms with Crippen molar-refractivity contribution in [3.05, 3.63) is 103 Å². The number of benzene rings is 4. The highest BCUT2D eigenvalue weighted by atomic mass is 16.3. The number of nitrogens with zero attached hydrogens (tertiary/aromatic N) is 5. The van der Waals surface area contributed by atoms with Crippen LogP contribution in [0.25, 0.3) is 67.1 Å². The predicted octanol–water partition coefficient (Wildman–Crippen LogP) is 6.79. The van der Waals surface area contributed by atoms with Crippen LogP contribution in [0.15, 0.2) is 108 Å². The molecule has 0 N–H and O–H groups in total. The lowest BCUT2D eigenvalue weighted by Crippen LogP contribution is -2.04. The zero-order valence-corrected chi connectivity index (χ0v) is 18.5. The van der Waals surface area contributed by atoms with Gasteiger partial charge in [0.2, 0.25) is 17.4 Å². The first-order valence-electron chi connectivity index (χ1n) is 11.5. The molecule has 0 bridgehead atoms. The van der Waals surface area contributed by atoms with Crippen LogP contribution >= 0.6 is 0 Å². The monoisotopic (exact) mass is 451 g/mol. The Hall–Kier alpha value is -4.97. The first-order chi connectivity index (χ1) is 17.4. The highest BCUT2D eigenvalue weighted by Gasteiger charge is 2.23. The zero-order valence-electron chi connectivity index (χ0n) is 18.5. The third-order valence-electron chi connectivity index (χ3n) is 6.58. The van der Waals surface area contributed by atoms with Crippen molar-refractivity contribution in [2.75, 3.05) is 0 Å². The summed E-state index contributed by atoms with van der Waals surface area (Å²) in [5, 5.41) is 2.04. The summed E-state index contributed by atoms with van der Waals surface area (Å²) in [5.74, 6) is 1.30. The van der Waals surface area contributed by atoms with Crippen molar-refractivity contribution in [3.8, 4) is 17.2 Å². The van der Waals surface area contributed by atoms with Crippen LogP contribution in [0.5, 0.6) is 0 Å². The molecule has 0 radical (unpaired) electrons. The molecule has 0 amide bonds. The molecule has 0 aliphatic carbocycles. The molecule has 6 nitrogen and oxygen atoms in total. The second-order valence-electron chi connectivity index (χ2n) is 8.58. The summed E-state index contributed by atoms with van der Waals surface area (Å²) in [6.45, 7) is 0. The fourth-order valence-corrected chi connectivity index (χ4v) is 5.06. The van der Waals surface area contributed by atoms with Gasteiger partial charge < -0.3 is 4.42 Å². The molecule has 35 heavy (non-hydrogen) atoms. The summed E-state index contributed by atoms with van der Waals surface area (Å²) in [6.07, 6.45) is 0. The van der Waals surface area contributed by atoms with Crippen molar-refractivity contribution >= 4 is 49.9 Å². The standard InChI is InChI=1S/C29H17N5O/c1-2-10-18(11-3-1)25-19-12-4-6-14-21(19)30-28(31-25)34-23-16-8-7-15-22(23)33-26-20-13-5-9-17-24(20)35-27(26)32-29(33)34/h1-17H. The minimum Gasteiger partial charge on any atom is -0.436 e. The minimum absolute atomic E-state index is 0.575. The second-order valence-corrected chi connectivity index (χ2v) is 8.58. The van der Waals surface area contributed by atoms with E-state index in [0.717, 1.165) is 55.5 Å². The second kappa shape index (κ2) is 6.77. The number of aromatic nitrogens is 5. The van der Waals surface area contributed by atoms with Crippen LogP contribution in [0.2, 0.25) is 0 Å². The van der Waals surface area contributed by atoms with Crippen LogP contribution < -0.4 is 0 Å². The van der Waals surface area contributed by atoms with Gasteiger partial charge in [0.05, 0.1) is 22.2 Å². The molecule has 8 rings (SSSR count). The Morgan fingerprint density at radius 2 is 1.31 bits per heavy atom. The number of furan rings is 1. The van der Waals surface area contributed by atoms with E-state index in [2.05, 4.69) is 40.8 Å². The first-order valence-corrected chi connectivity index (χ1v) is 11.5. The average Bonchev–Trinajstić information content (AvgIpc) is 3.55. The molecule has 0 spiro atoms. The van der Waals surface area contributed by atoms with Gasteiger partial charge in [-0.05, 0) is 30.3 Å². The van der Waals surface area contributed by atoms with Gasteiger partial charge in [-0.25, -0.2) is 14.5 Å². The molecule has 0 unspecified atom stereocenters. The fourth-order valence-electron chi connectivity index (χ4n) is 5.06. The van der Waals surface area contributed by atoms with Crippen molar-refractivity contribution in [1.82, 2.24) is 23.9 Å². The SMILES string of the molecule is c1ccc(-c2nc(-n3c4ccccc4n4c5c(nc34)oc3ccccc35)nc3ccccc23)cc1. The lowest BCUT2D eigenvalue weighted by atomic mass is 10.1. The molecule has 0 aliphatic rings. The van der Waals surface area contributed by atoms with Crippen LogP contribution in [0.1, 0.15) is 0 Å². The smallest absolute Gasteiger partial charge is 0.248 e. The van der Waals surface area contributed by atoms with Crippen LogP contribution in [-0.2, 0) is 0 Å². The van der Waals surface area contributed by atoms with Gasteiger partial charge in [0.25, 0.3) is 0 Å². The molecule has 6 heteroatoms. The maximum absolute atomic E-state index is 6.11. The molecule has 8 aromatic rings. The van der Waals surface area contributed by atoms with Gasteiger partial charge in [-0.15, -0.1) is 0 Å². The van der Waals surface area contributed by atoms with Gasteiger partial charge in [-0.2, -0.15) is 4.98 Å². The Morgan fingerprint density at radius 3 is 2.20 bits per heavy atom. The number of para-hydroxylation sites is 4. The van der Waals surface area contributed by atoms with Gasteiger partial charge in [0.15, 0.2) is 0 Å². The van der Waals surface area contributed by atoms with E-state index in [4.69, 9.17) is 19.4 Å². The highest BCUT2D eigenvalue weighted by molar-refractivity contribution is 6.05. The lowest BCUT2D eigenvalue weighted by molar-refractivity contribution is 0.656. The Balaban J connectivity index is 1.53. The van der Waals surface area contributed by atoms with E-state index in [9.17, 15) is 0 Å². The van der Waals surface area contributed by atoms with Gasteiger partial charge in [-0.1, -0.05) is 72.8 Å². The van der Waals surface area contributed by atoms with E-state index in [1.807, 2.05) is 71.3 Å². The molecule has 0 aliphatic heterocycles. The van der Waals surface area contributed by atoms with Crippen LogP contribution in [0, 0.1) is 0 Å². The Kier molecular flexibility index (Phi) is 3.57. The molecule has 0 saturated heterocycles. The average molecular weight is 451 g/mol. The van der Waals surface area contributed by atoms with Crippen molar-refractivity contribution in [1.29, 1.82) is 0 Å². The fraction of sp³-hybridized carbons (Fsp3) is 0. The topological polar surface area (TPSA) is 61.2 Å². The Bertz CT molecular complexity index is 2060. The van der Waals surface area contributed by atoms with E-state index in [-0.39, 0.29) is 0 Å². The third kappa shape index (κ3) is 2.50. The summed E-state index contributed by atoms with van der Waals surface area (Å²) in [6, 6.07) is 34.7. The predicted molar refractivity (Wildman–Crippen MR) is 138 cm³/mol. The van der Waals surface area contributed by atoms with E-state index in [1.54, 1.807) is 0 Å². The molecule has 0 atom stereocenters. The van der Waals surface area contributed by atoms with Crippen molar-refractivity contribution in [3.63, 3.8) is 0 Å². The maximum atomic E-state index is 6.11. The normalized spacial score (nSPS) is 12.0. The van der Waals surface area contributed by atoms with Gasteiger partial charge >= 0.3 is 0 Å². The van der Waals surface area contributed by atoms with Crippen molar-refractivity contribution < 1.29 is 4.42 Å². The number of fused-ring (bicyclic) bond motifs is 8. The summed E-state index contributed by atoms with van der Waals surface area (Å²) in [7, 11) is 0. The number of imidazole rings is 2. The summed E-state index contributed by atoms with van der Waals surface area (Å²) >= 11 is 0. The third-order valence-corrected chi connectivity index (χ3v) is 6.58. The maximum Gasteiger partial charge on any atom is 0.248 e. The highest BCUT2D eigenvalue weighted by Crippen LogP contribution is 2.35. The molecule has 4 heterocycles. The molecular formula is C29H17N5O. The van der Waals surface area contributed by atoms with Gasteiger partial charge in [-0.3, -0.25) is 4.40 Å². The molecule has 164 valence electrons. The molecule has 4 aromatic carbocycles. The van der Waals surface area contributed by atoms with E-state index in [0.29, 0.717) is 11.7 Å². The summed E-state index contributed by atoms with van der Waals surface area (Å²) in [5.41, 5.74) is 7.20. The lowest BCUT2D eigenvalue weighted by Gasteiger charge is -2.10. The quantitative estimate of drug-likeness (QED) is 0.290. The van der Waals surface area contributed by atoms with Gasteiger partial charge in [0, 0.05) is 16.3 Å². The van der Waals surface area contributed by atoms with E-state index >= 15 is 0 Å². The molecule has 0 saturated carbocycles. The van der Waals surface area contributed by atoms with Gasteiger partial charge in [0.1, 0.15) is 11.1 Å². The first kappa shape index (κ1) is 18.5. The zero-order chi connectivity index (χ0) is 22.9. The minimum atomic E-state index is 0.575. The number of rotatable bonds is 2.